The molecule has 1 aliphatic rings. The highest BCUT2D eigenvalue weighted by molar-refractivity contribution is 5.97. The third-order valence-electron chi connectivity index (χ3n) is 5.01. The second kappa shape index (κ2) is 7.87. The monoisotopic (exact) mass is 389 g/mol. The van der Waals surface area contributed by atoms with Gasteiger partial charge in [-0.25, -0.2) is 4.98 Å². The van der Waals surface area contributed by atoms with Gasteiger partial charge in [0.15, 0.2) is 0 Å². The standard InChI is InChI=1S/C22H23N5O2/c1-4-29-16-11-9-15(10-12-16)20-13-18-21(25-26-22(23-3)24-18)17-7-5-6-8-19(17)27(20)14(2)28/h5-12,20H,4,13H2,1-3H3,(H,23,24,26). The van der Waals surface area contributed by atoms with Crippen LogP contribution in [-0.4, -0.2) is 34.7 Å². The fraction of sp³-hybridized carbons (Fsp3) is 0.273. The van der Waals surface area contributed by atoms with E-state index in [0.717, 1.165) is 28.3 Å². The number of carbonyl (C=O) groups is 1. The Morgan fingerprint density at radius 3 is 2.62 bits per heavy atom. The maximum absolute atomic E-state index is 12.8. The summed E-state index contributed by atoms with van der Waals surface area (Å²) in [6, 6.07) is 15.4. The quantitative estimate of drug-likeness (QED) is 0.734. The van der Waals surface area contributed by atoms with Gasteiger partial charge in [-0.2, -0.15) is 0 Å². The largest absolute Gasteiger partial charge is 0.494 e. The number of rotatable bonds is 4. The second-order valence-electron chi connectivity index (χ2n) is 6.81. The normalized spacial score (nSPS) is 15.1. The van der Waals surface area contributed by atoms with Crippen LogP contribution in [0.1, 0.15) is 31.1 Å². The Balaban J connectivity index is 1.89. The molecule has 0 saturated carbocycles. The van der Waals surface area contributed by atoms with Crippen molar-refractivity contribution in [3.05, 3.63) is 59.8 Å². The second-order valence-corrected chi connectivity index (χ2v) is 6.81. The van der Waals surface area contributed by atoms with Crippen LogP contribution < -0.4 is 15.0 Å². The Bertz CT molecular complexity index is 1040. The first-order valence-electron chi connectivity index (χ1n) is 9.65. The maximum atomic E-state index is 12.8. The van der Waals surface area contributed by atoms with Gasteiger partial charge in [0.1, 0.15) is 11.4 Å². The van der Waals surface area contributed by atoms with Gasteiger partial charge in [0, 0.05) is 26.0 Å². The number of hydrogen-bond donors (Lipinski definition) is 1. The Kier molecular flexibility index (Phi) is 5.12. The molecule has 1 unspecified atom stereocenters. The lowest BCUT2D eigenvalue weighted by molar-refractivity contribution is -0.117. The summed E-state index contributed by atoms with van der Waals surface area (Å²) >= 11 is 0. The van der Waals surface area contributed by atoms with Gasteiger partial charge in [-0.05, 0) is 30.7 Å². The summed E-state index contributed by atoms with van der Waals surface area (Å²) in [5.41, 5.74) is 4.19. The average Bonchev–Trinajstić information content (AvgIpc) is 2.88. The van der Waals surface area contributed by atoms with Gasteiger partial charge in [0.2, 0.25) is 11.9 Å². The molecule has 7 nitrogen and oxygen atoms in total. The van der Waals surface area contributed by atoms with Crippen molar-refractivity contribution in [3.8, 4) is 17.0 Å². The molecule has 0 bridgehead atoms. The van der Waals surface area contributed by atoms with E-state index in [1.807, 2.05) is 60.4 Å². The Labute approximate surface area is 169 Å². The fourth-order valence-electron chi connectivity index (χ4n) is 3.75. The molecule has 0 fully saturated rings. The predicted molar refractivity (Wildman–Crippen MR) is 112 cm³/mol. The third-order valence-corrected chi connectivity index (χ3v) is 5.01. The van der Waals surface area contributed by atoms with Crippen LogP contribution in [0.2, 0.25) is 0 Å². The van der Waals surface area contributed by atoms with E-state index < -0.39 is 0 Å². The molecule has 1 aromatic heterocycles. The average molecular weight is 389 g/mol. The van der Waals surface area contributed by atoms with E-state index in [1.54, 1.807) is 14.0 Å². The molecule has 0 aliphatic carbocycles. The minimum Gasteiger partial charge on any atom is -0.494 e. The zero-order valence-electron chi connectivity index (χ0n) is 16.7. The summed E-state index contributed by atoms with van der Waals surface area (Å²) in [4.78, 5) is 19.3. The van der Waals surface area contributed by atoms with Crippen LogP contribution in [0.3, 0.4) is 0 Å². The van der Waals surface area contributed by atoms with Crippen LogP contribution in [0.5, 0.6) is 5.75 Å². The van der Waals surface area contributed by atoms with Crippen LogP contribution in [0, 0.1) is 0 Å². The van der Waals surface area contributed by atoms with E-state index in [0.29, 0.717) is 24.7 Å². The summed E-state index contributed by atoms with van der Waals surface area (Å²) in [5.74, 6) is 1.23. The van der Waals surface area contributed by atoms with E-state index in [4.69, 9.17) is 4.74 Å². The zero-order chi connectivity index (χ0) is 20.4. The minimum absolute atomic E-state index is 0.0362. The third kappa shape index (κ3) is 3.51. The van der Waals surface area contributed by atoms with Gasteiger partial charge < -0.3 is 15.0 Å². The van der Waals surface area contributed by atoms with Crippen molar-refractivity contribution >= 4 is 17.5 Å². The van der Waals surface area contributed by atoms with Crippen molar-refractivity contribution in [1.82, 2.24) is 15.2 Å². The molecular formula is C22H23N5O2. The lowest BCUT2D eigenvalue weighted by atomic mass is 10.00. The molecule has 2 aromatic carbocycles. The van der Waals surface area contributed by atoms with Crippen LogP contribution in [0.4, 0.5) is 11.6 Å². The number of nitrogens with zero attached hydrogens (tertiary/aromatic N) is 4. The van der Waals surface area contributed by atoms with Crippen molar-refractivity contribution in [2.45, 2.75) is 26.3 Å². The summed E-state index contributed by atoms with van der Waals surface area (Å²) < 4.78 is 5.57. The number of hydrogen-bond acceptors (Lipinski definition) is 6. The molecule has 4 rings (SSSR count). The van der Waals surface area contributed by atoms with Crippen LogP contribution in [0.15, 0.2) is 48.5 Å². The molecule has 2 heterocycles. The number of fused-ring (bicyclic) bond motifs is 3. The van der Waals surface area contributed by atoms with Gasteiger partial charge in [0.25, 0.3) is 0 Å². The molecule has 1 amide bonds. The molecule has 0 saturated heterocycles. The highest BCUT2D eigenvalue weighted by Gasteiger charge is 2.33. The molecule has 0 spiro atoms. The SMILES string of the molecule is CCOc1ccc(C2Cc3nc(NC)nnc3-c3ccccc3N2C(C)=O)cc1. The molecule has 3 aromatic rings. The van der Waals surface area contributed by atoms with Gasteiger partial charge in [-0.15, -0.1) is 10.2 Å². The van der Waals surface area contributed by atoms with Gasteiger partial charge in [-0.3, -0.25) is 4.79 Å². The molecule has 1 aliphatic heterocycles. The number of ether oxygens (including phenoxy) is 1. The Hall–Kier alpha value is -3.48. The number of benzene rings is 2. The van der Waals surface area contributed by atoms with E-state index in [2.05, 4.69) is 20.5 Å². The summed E-state index contributed by atoms with van der Waals surface area (Å²) in [5, 5.41) is 11.5. The molecular weight excluding hydrogens is 366 g/mol. The summed E-state index contributed by atoms with van der Waals surface area (Å²) in [6.07, 6.45) is 0.530. The van der Waals surface area contributed by atoms with Crippen molar-refractivity contribution in [2.24, 2.45) is 0 Å². The lowest BCUT2D eigenvalue weighted by Crippen LogP contribution is -2.34. The Morgan fingerprint density at radius 2 is 1.93 bits per heavy atom. The van der Waals surface area contributed by atoms with Crippen molar-refractivity contribution < 1.29 is 9.53 Å². The molecule has 7 heteroatoms. The molecule has 1 N–H and O–H groups in total. The maximum Gasteiger partial charge on any atom is 0.242 e. The zero-order valence-corrected chi connectivity index (χ0v) is 16.7. The van der Waals surface area contributed by atoms with Crippen LogP contribution >= 0.6 is 0 Å². The first kappa shape index (κ1) is 18.9. The number of aromatic nitrogens is 3. The van der Waals surface area contributed by atoms with Crippen molar-refractivity contribution in [3.63, 3.8) is 0 Å². The smallest absolute Gasteiger partial charge is 0.242 e. The van der Waals surface area contributed by atoms with E-state index in [-0.39, 0.29) is 11.9 Å². The number of amides is 1. The minimum atomic E-state index is -0.216. The number of anilines is 2. The first-order valence-corrected chi connectivity index (χ1v) is 9.65. The number of carbonyl (C=O) groups excluding carboxylic acids is 1. The molecule has 1 atom stereocenters. The van der Waals surface area contributed by atoms with E-state index >= 15 is 0 Å². The number of nitrogens with one attached hydrogen (secondary N) is 1. The van der Waals surface area contributed by atoms with Crippen molar-refractivity contribution in [2.75, 3.05) is 23.9 Å². The summed E-state index contributed by atoms with van der Waals surface area (Å²) in [7, 11) is 1.76. The van der Waals surface area contributed by atoms with Gasteiger partial charge >= 0.3 is 0 Å². The van der Waals surface area contributed by atoms with Gasteiger partial charge in [0.05, 0.1) is 24.0 Å². The summed E-state index contributed by atoms with van der Waals surface area (Å²) in [6.45, 7) is 4.15. The van der Waals surface area contributed by atoms with E-state index in [1.165, 1.54) is 0 Å². The highest BCUT2D eigenvalue weighted by Crippen LogP contribution is 2.41. The lowest BCUT2D eigenvalue weighted by Gasteiger charge is -2.30. The first-order chi connectivity index (χ1) is 14.1. The number of para-hydroxylation sites is 1. The highest BCUT2D eigenvalue weighted by atomic mass is 16.5. The van der Waals surface area contributed by atoms with E-state index in [9.17, 15) is 4.79 Å². The molecule has 0 radical (unpaired) electrons. The van der Waals surface area contributed by atoms with Crippen molar-refractivity contribution in [1.29, 1.82) is 0 Å². The molecule has 29 heavy (non-hydrogen) atoms. The molecule has 148 valence electrons. The predicted octanol–water partition coefficient (Wildman–Crippen LogP) is 3.63. The van der Waals surface area contributed by atoms with Gasteiger partial charge in [-0.1, -0.05) is 30.3 Å². The Morgan fingerprint density at radius 1 is 1.17 bits per heavy atom. The van der Waals surface area contributed by atoms with Crippen LogP contribution in [0.25, 0.3) is 11.3 Å². The fourth-order valence-corrected chi connectivity index (χ4v) is 3.75. The van der Waals surface area contributed by atoms with Crippen LogP contribution in [-0.2, 0) is 11.2 Å². The topological polar surface area (TPSA) is 80.2 Å².